The van der Waals surface area contributed by atoms with E-state index in [0.717, 1.165) is 32.0 Å². The van der Waals surface area contributed by atoms with Crippen LogP contribution in [0.25, 0.3) is 0 Å². The summed E-state index contributed by atoms with van der Waals surface area (Å²) in [5.41, 5.74) is -0.0536. The van der Waals surface area contributed by atoms with Gasteiger partial charge in [0.05, 0.1) is 11.5 Å². The molecule has 0 amide bonds. The van der Waals surface area contributed by atoms with Crippen molar-refractivity contribution in [1.82, 2.24) is 0 Å². The molecule has 0 aliphatic heterocycles. The van der Waals surface area contributed by atoms with Crippen LogP contribution in [0.15, 0.2) is 24.3 Å². The number of carbonyl (C=O) groups is 1. The lowest BCUT2D eigenvalue weighted by atomic mass is 9.78. The molecule has 1 radical (unpaired) electrons. The molecule has 1 saturated carbocycles. The molecule has 0 bridgehead atoms. The van der Waals surface area contributed by atoms with Crippen LogP contribution < -0.4 is 4.74 Å². The van der Waals surface area contributed by atoms with Gasteiger partial charge in [0.2, 0.25) is 0 Å². The SMILES string of the molecule is CC[B]C#N.O=C(OCC1[C@H]2CCC#CCC[C@@H]12)Oc1ccc([N+](=O)[O-])cc1. The third kappa shape index (κ3) is 6.63. The van der Waals surface area contributed by atoms with E-state index in [0.29, 0.717) is 24.4 Å². The second kappa shape index (κ2) is 11.0. The van der Waals surface area contributed by atoms with Gasteiger partial charge in [-0.2, -0.15) is 0 Å². The van der Waals surface area contributed by atoms with Gasteiger partial charge < -0.3 is 9.47 Å². The van der Waals surface area contributed by atoms with Crippen LogP contribution in [0.4, 0.5) is 10.5 Å². The fraction of sp³-hybridized carbons (Fsp3) is 0.500. The summed E-state index contributed by atoms with van der Waals surface area (Å²) in [4.78, 5) is 21.7. The summed E-state index contributed by atoms with van der Waals surface area (Å²) in [6.45, 7) is 2.30. The molecule has 8 heteroatoms. The highest BCUT2D eigenvalue weighted by Crippen LogP contribution is 2.52. The highest BCUT2D eigenvalue weighted by atomic mass is 16.7. The number of nitro benzene ring substituents is 1. The van der Waals surface area contributed by atoms with Crippen LogP contribution in [-0.2, 0) is 4.74 Å². The minimum atomic E-state index is -0.769. The molecule has 1 fully saturated rings. The Bertz CT molecular complexity index is 761. The van der Waals surface area contributed by atoms with Gasteiger partial charge in [0.1, 0.15) is 5.75 Å². The average Bonchev–Trinajstić information content (AvgIpc) is 3.31. The third-order valence-electron chi connectivity index (χ3n) is 4.78. The number of hydrogen-bond acceptors (Lipinski definition) is 6. The first kappa shape index (κ1) is 21.3. The number of rotatable bonds is 5. The summed E-state index contributed by atoms with van der Waals surface area (Å²) >= 11 is 0. The molecule has 7 nitrogen and oxygen atoms in total. The van der Waals surface area contributed by atoms with E-state index in [4.69, 9.17) is 14.7 Å². The van der Waals surface area contributed by atoms with Gasteiger partial charge in [-0.3, -0.25) is 10.1 Å². The van der Waals surface area contributed by atoms with Crippen LogP contribution in [0.2, 0.25) is 6.32 Å². The zero-order chi connectivity index (χ0) is 20.4. The topological polar surface area (TPSA) is 102 Å². The molecule has 2 aliphatic rings. The van der Waals surface area contributed by atoms with E-state index in [9.17, 15) is 14.9 Å². The Balaban J connectivity index is 0.000000500. The minimum absolute atomic E-state index is 0.0536. The van der Waals surface area contributed by atoms with Crippen molar-refractivity contribution in [2.75, 3.05) is 6.61 Å². The van der Waals surface area contributed by atoms with Crippen molar-refractivity contribution in [2.24, 2.45) is 17.8 Å². The van der Waals surface area contributed by atoms with Crippen molar-refractivity contribution < 1.29 is 19.2 Å². The molecule has 0 spiro atoms. The van der Waals surface area contributed by atoms with E-state index >= 15 is 0 Å². The lowest BCUT2D eigenvalue weighted by molar-refractivity contribution is -0.384. The molecule has 1 aromatic carbocycles. The first-order chi connectivity index (χ1) is 13.6. The van der Waals surface area contributed by atoms with Gasteiger partial charge in [-0.25, -0.2) is 10.1 Å². The predicted molar refractivity (Wildman–Crippen MR) is 104 cm³/mol. The van der Waals surface area contributed by atoms with Gasteiger partial charge in [0.25, 0.3) is 13.0 Å². The summed E-state index contributed by atoms with van der Waals surface area (Å²) in [5, 5.41) is 18.3. The second-order valence-electron chi connectivity index (χ2n) is 6.58. The molecule has 1 aromatic rings. The Kier molecular flexibility index (Phi) is 8.36. The maximum absolute atomic E-state index is 11.7. The zero-order valence-electron chi connectivity index (χ0n) is 15.8. The van der Waals surface area contributed by atoms with Crippen molar-refractivity contribution >= 4 is 19.1 Å². The minimum Gasteiger partial charge on any atom is -0.434 e. The lowest BCUT2D eigenvalue weighted by Gasteiger charge is -2.05. The number of carbonyl (C=O) groups excluding carboxylic acids is 1. The highest BCUT2D eigenvalue weighted by Gasteiger charge is 2.49. The maximum atomic E-state index is 11.7. The first-order valence-electron chi connectivity index (χ1n) is 9.32. The molecule has 0 heterocycles. The van der Waals surface area contributed by atoms with Gasteiger partial charge in [0.15, 0.2) is 0 Å². The monoisotopic (exact) mass is 381 g/mol. The Morgan fingerprint density at radius 2 is 1.89 bits per heavy atom. The zero-order valence-corrected chi connectivity index (χ0v) is 15.8. The van der Waals surface area contributed by atoms with Gasteiger partial charge in [-0.15, -0.1) is 11.8 Å². The molecular weight excluding hydrogens is 359 g/mol. The fourth-order valence-corrected chi connectivity index (χ4v) is 3.30. The molecule has 0 aromatic heterocycles. The fourth-order valence-electron chi connectivity index (χ4n) is 3.30. The molecule has 28 heavy (non-hydrogen) atoms. The van der Waals surface area contributed by atoms with Crippen molar-refractivity contribution in [3.05, 3.63) is 34.4 Å². The number of non-ortho nitro benzene ring substituents is 1. The van der Waals surface area contributed by atoms with Crippen LogP contribution in [0.1, 0.15) is 32.6 Å². The average molecular weight is 381 g/mol. The number of hydrogen-bond donors (Lipinski definition) is 0. The smallest absolute Gasteiger partial charge is 0.434 e. The number of nitro groups is 1. The van der Waals surface area contributed by atoms with E-state index in [1.54, 1.807) is 7.28 Å². The number of nitriles is 1. The van der Waals surface area contributed by atoms with E-state index in [1.165, 1.54) is 24.3 Å². The number of fused-ring (bicyclic) bond motifs is 1. The van der Waals surface area contributed by atoms with E-state index in [2.05, 4.69) is 11.8 Å². The molecule has 3 rings (SSSR count). The van der Waals surface area contributed by atoms with Crippen molar-refractivity contribution in [3.63, 3.8) is 0 Å². The highest BCUT2D eigenvalue weighted by molar-refractivity contribution is 6.44. The van der Waals surface area contributed by atoms with Gasteiger partial charge in [-0.1, -0.05) is 13.2 Å². The van der Waals surface area contributed by atoms with Crippen LogP contribution >= 0.6 is 0 Å². The summed E-state index contributed by atoms with van der Waals surface area (Å²) in [5.74, 6) is 10.0. The second-order valence-corrected chi connectivity index (χ2v) is 6.58. The van der Waals surface area contributed by atoms with E-state index < -0.39 is 11.1 Å². The molecule has 1 unspecified atom stereocenters. The first-order valence-corrected chi connectivity index (χ1v) is 9.32. The van der Waals surface area contributed by atoms with Crippen LogP contribution in [-0.4, -0.2) is 25.0 Å². The largest absolute Gasteiger partial charge is 0.513 e. The van der Waals surface area contributed by atoms with Crippen LogP contribution in [0, 0.1) is 50.9 Å². The molecule has 3 atom stereocenters. The van der Waals surface area contributed by atoms with E-state index in [1.807, 2.05) is 12.9 Å². The number of benzene rings is 1. The molecule has 145 valence electrons. The normalized spacial score (nSPS) is 21.5. The predicted octanol–water partition coefficient (Wildman–Crippen LogP) is 4.16. The van der Waals surface area contributed by atoms with Gasteiger partial charge >= 0.3 is 6.16 Å². The molecular formula is C20H22BN2O5. The summed E-state index contributed by atoms with van der Waals surface area (Å²) in [6, 6.07) is 5.32. The Morgan fingerprint density at radius 3 is 2.36 bits per heavy atom. The van der Waals surface area contributed by atoms with Crippen molar-refractivity contribution in [2.45, 2.75) is 38.9 Å². The van der Waals surface area contributed by atoms with Crippen LogP contribution in [0.5, 0.6) is 5.75 Å². The standard InChI is InChI=1S/C17H17NO5.C3H5BN/c19-17(23-13-9-7-12(8-10-13)18(20)21)22-11-16-14-5-3-1-2-4-6-15(14)16;1-2-4-3-5/h7-10,14-16H,3-6,11H2;2H2,1H3/t14-,15+,16?;. The van der Waals surface area contributed by atoms with E-state index in [-0.39, 0.29) is 11.4 Å². The van der Waals surface area contributed by atoms with Crippen molar-refractivity contribution in [3.8, 4) is 23.6 Å². The summed E-state index contributed by atoms with van der Waals surface area (Å²) in [7, 11) is 1.56. The van der Waals surface area contributed by atoms with Gasteiger partial charge in [0, 0.05) is 25.0 Å². The molecule has 0 saturated heterocycles. The summed E-state index contributed by atoms with van der Waals surface area (Å²) < 4.78 is 10.2. The molecule has 2 aliphatic carbocycles. The maximum Gasteiger partial charge on any atom is 0.513 e. The summed E-state index contributed by atoms with van der Waals surface area (Å²) in [6.07, 6.45) is 4.08. The van der Waals surface area contributed by atoms with Gasteiger partial charge in [-0.05, 0) is 48.7 Å². The van der Waals surface area contributed by atoms with Crippen LogP contribution in [0.3, 0.4) is 0 Å². The Labute approximate surface area is 165 Å². The Hall–Kier alpha value is -3.00. The lowest BCUT2D eigenvalue weighted by Crippen LogP contribution is -2.13. The number of ether oxygens (including phenoxy) is 2. The van der Waals surface area contributed by atoms with Crippen molar-refractivity contribution in [1.29, 1.82) is 5.26 Å². The number of nitrogens with zero attached hydrogens (tertiary/aromatic N) is 2. The third-order valence-corrected chi connectivity index (χ3v) is 4.78. The quantitative estimate of drug-likeness (QED) is 0.190. The molecule has 0 N–H and O–H groups in total. The Morgan fingerprint density at radius 1 is 1.29 bits per heavy atom.